The van der Waals surface area contributed by atoms with Gasteiger partial charge in [-0.15, -0.1) is 0 Å². The van der Waals surface area contributed by atoms with Crippen LogP contribution in [0.4, 0.5) is 0 Å². The Morgan fingerprint density at radius 3 is 2.61 bits per heavy atom. The van der Waals surface area contributed by atoms with Gasteiger partial charge in [-0.3, -0.25) is 5.10 Å². The van der Waals surface area contributed by atoms with E-state index >= 15 is 0 Å². The largest absolute Gasteiger partial charge is 0.507 e. The van der Waals surface area contributed by atoms with E-state index in [4.69, 9.17) is 4.74 Å². The molecule has 4 heteroatoms. The van der Waals surface area contributed by atoms with Crippen molar-refractivity contribution >= 4 is 0 Å². The molecule has 0 fully saturated rings. The molecule has 0 aliphatic rings. The molecule has 0 unspecified atom stereocenters. The second-order valence-electron chi connectivity index (χ2n) is 5.44. The Morgan fingerprint density at radius 1 is 1.13 bits per heavy atom. The first-order valence-corrected chi connectivity index (χ1v) is 7.74. The van der Waals surface area contributed by atoms with Crippen LogP contribution < -0.4 is 4.74 Å². The second-order valence-corrected chi connectivity index (χ2v) is 5.44. The maximum Gasteiger partial charge on any atom is 0.128 e. The molecule has 0 saturated heterocycles. The average molecular weight is 308 g/mol. The number of hydrogen-bond acceptors (Lipinski definition) is 3. The highest BCUT2D eigenvalue weighted by Gasteiger charge is 2.17. The molecule has 1 heterocycles. The number of ether oxygens (including phenoxy) is 1. The molecule has 0 radical (unpaired) electrons. The van der Waals surface area contributed by atoms with Crippen LogP contribution in [-0.2, 0) is 6.42 Å². The van der Waals surface area contributed by atoms with E-state index < -0.39 is 0 Å². The number of nitrogens with one attached hydrogen (secondary N) is 1. The Kier molecular flexibility index (Phi) is 4.33. The van der Waals surface area contributed by atoms with E-state index in [1.165, 1.54) is 0 Å². The molecule has 0 bridgehead atoms. The summed E-state index contributed by atoms with van der Waals surface area (Å²) in [7, 11) is 1.62. The van der Waals surface area contributed by atoms with Crippen LogP contribution in [-0.4, -0.2) is 22.4 Å². The molecule has 0 aliphatic heterocycles. The molecular formula is C19H20N2O2. The van der Waals surface area contributed by atoms with E-state index in [2.05, 4.69) is 17.1 Å². The fraction of sp³-hybridized carbons (Fsp3) is 0.211. The van der Waals surface area contributed by atoms with Crippen molar-refractivity contribution in [2.24, 2.45) is 0 Å². The van der Waals surface area contributed by atoms with Gasteiger partial charge in [0.2, 0.25) is 0 Å². The fourth-order valence-electron chi connectivity index (χ4n) is 2.79. The highest BCUT2D eigenvalue weighted by Crippen LogP contribution is 2.39. The standard InChI is InChI=1S/C19H20N2O2/c1-3-7-14-10-15(17(22)11-18(14)23-2)19-16(12-20-21-19)13-8-5-4-6-9-13/h4-6,8-12,22H,3,7H2,1-2H3,(H,20,21). The van der Waals surface area contributed by atoms with Crippen molar-refractivity contribution < 1.29 is 9.84 Å². The maximum atomic E-state index is 10.4. The van der Waals surface area contributed by atoms with Gasteiger partial charge in [0.25, 0.3) is 0 Å². The van der Waals surface area contributed by atoms with Gasteiger partial charge in [0.15, 0.2) is 0 Å². The van der Waals surface area contributed by atoms with E-state index in [1.54, 1.807) is 13.2 Å². The minimum Gasteiger partial charge on any atom is -0.507 e. The first-order valence-electron chi connectivity index (χ1n) is 7.74. The van der Waals surface area contributed by atoms with Gasteiger partial charge in [-0.25, -0.2) is 0 Å². The highest BCUT2D eigenvalue weighted by atomic mass is 16.5. The van der Waals surface area contributed by atoms with Gasteiger partial charge in [0.1, 0.15) is 17.2 Å². The molecule has 1 aromatic heterocycles. The van der Waals surface area contributed by atoms with E-state index in [-0.39, 0.29) is 5.75 Å². The quantitative estimate of drug-likeness (QED) is 0.734. The predicted molar refractivity (Wildman–Crippen MR) is 91.7 cm³/mol. The van der Waals surface area contributed by atoms with Gasteiger partial charge in [0, 0.05) is 23.4 Å². The zero-order chi connectivity index (χ0) is 16.2. The van der Waals surface area contributed by atoms with E-state index in [9.17, 15) is 5.11 Å². The number of aromatic hydroxyl groups is 1. The van der Waals surface area contributed by atoms with Crippen LogP contribution in [0.3, 0.4) is 0 Å². The smallest absolute Gasteiger partial charge is 0.128 e. The molecule has 3 rings (SSSR count). The molecule has 0 atom stereocenters. The normalized spacial score (nSPS) is 10.7. The third-order valence-electron chi connectivity index (χ3n) is 3.90. The summed E-state index contributed by atoms with van der Waals surface area (Å²) in [6.45, 7) is 2.12. The number of aryl methyl sites for hydroxylation is 1. The number of methoxy groups -OCH3 is 1. The maximum absolute atomic E-state index is 10.4. The Bertz CT molecular complexity index is 794. The lowest BCUT2D eigenvalue weighted by atomic mass is 9.98. The summed E-state index contributed by atoms with van der Waals surface area (Å²) in [6, 6.07) is 13.7. The van der Waals surface area contributed by atoms with Crippen molar-refractivity contribution in [2.75, 3.05) is 7.11 Å². The summed E-state index contributed by atoms with van der Waals surface area (Å²) >= 11 is 0. The molecule has 4 nitrogen and oxygen atoms in total. The summed E-state index contributed by atoms with van der Waals surface area (Å²) in [4.78, 5) is 0. The zero-order valence-corrected chi connectivity index (χ0v) is 13.3. The number of benzene rings is 2. The third-order valence-corrected chi connectivity index (χ3v) is 3.90. The molecule has 23 heavy (non-hydrogen) atoms. The van der Waals surface area contributed by atoms with Crippen LogP contribution in [0.1, 0.15) is 18.9 Å². The zero-order valence-electron chi connectivity index (χ0n) is 13.3. The minimum atomic E-state index is 0.172. The van der Waals surface area contributed by atoms with Gasteiger partial charge < -0.3 is 9.84 Å². The minimum absolute atomic E-state index is 0.172. The first-order chi connectivity index (χ1) is 11.2. The number of nitrogens with zero attached hydrogens (tertiary/aromatic N) is 1. The van der Waals surface area contributed by atoms with Crippen LogP contribution in [0.15, 0.2) is 48.7 Å². The van der Waals surface area contributed by atoms with Crippen molar-refractivity contribution in [3.8, 4) is 33.9 Å². The van der Waals surface area contributed by atoms with E-state index in [1.807, 2.05) is 42.6 Å². The lowest BCUT2D eigenvalue weighted by Gasteiger charge is -2.12. The summed E-state index contributed by atoms with van der Waals surface area (Å²) < 4.78 is 5.38. The van der Waals surface area contributed by atoms with Crippen LogP contribution in [0.2, 0.25) is 0 Å². The average Bonchev–Trinajstić information content (AvgIpc) is 3.06. The van der Waals surface area contributed by atoms with Crippen molar-refractivity contribution in [3.63, 3.8) is 0 Å². The van der Waals surface area contributed by atoms with Crippen LogP contribution >= 0.6 is 0 Å². The predicted octanol–water partition coefficient (Wildman–Crippen LogP) is 4.41. The summed E-state index contributed by atoms with van der Waals surface area (Å²) in [6.07, 6.45) is 3.75. The number of hydrogen-bond donors (Lipinski definition) is 2. The Hall–Kier alpha value is -2.75. The van der Waals surface area contributed by atoms with Gasteiger partial charge >= 0.3 is 0 Å². The number of aromatic amines is 1. The lowest BCUT2D eigenvalue weighted by molar-refractivity contribution is 0.403. The van der Waals surface area contributed by atoms with E-state index in [0.717, 1.165) is 35.2 Å². The molecule has 0 spiro atoms. The topological polar surface area (TPSA) is 58.1 Å². The fourth-order valence-corrected chi connectivity index (χ4v) is 2.79. The van der Waals surface area contributed by atoms with E-state index in [0.29, 0.717) is 11.3 Å². The number of phenolic OH excluding ortho intramolecular Hbond substituents is 1. The monoisotopic (exact) mass is 308 g/mol. The SMILES string of the molecule is CCCc1cc(-c2n[nH]cc2-c2ccccc2)c(O)cc1OC. The van der Waals surface area contributed by atoms with Crippen molar-refractivity contribution in [3.05, 3.63) is 54.2 Å². The first kappa shape index (κ1) is 15.2. The molecule has 0 amide bonds. The van der Waals surface area contributed by atoms with Crippen molar-refractivity contribution in [2.45, 2.75) is 19.8 Å². The third kappa shape index (κ3) is 2.93. The Morgan fingerprint density at radius 2 is 1.91 bits per heavy atom. The molecule has 0 aliphatic carbocycles. The Labute approximate surface area is 135 Å². The molecule has 0 saturated carbocycles. The molecule has 2 N–H and O–H groups in total. The van der Waals surface area contributed by atoms with Gasteiger partial charge in [-0.1, -0.05) is 43.7 Å². The number of rotatable bonds is 5. The number of H-pyrrole nitrogens is 1. The number of aromatic nitrogens is 2. The van der Waals surface area contributed by atoms with Crippen LogP contribution in [0.25, 0.3) is 22.4 Å². The summed E-state index contributed by atoms with van der Waals surface area (Å²) in [5.74, 6) is 0.885. The van der Waals surface area contributed by atoms with Gasteiger partial charge in [0.05, 0.1) is 7.11 Å². The Balaban J connectivity index is 2.13. The van der Waals surface area contributed by atoms with Gasteiger partial charge in [-0.05, 0) is 23.6 Å². The number of phenols is 1. The molecule has 118 valence electrons. The molecule has 3 aromatic rings. The summed E-state index contributed by atoms with van der Waals surface area (Å²) in [5.41, 5.74) is 4.56. The van der Waals surface area contributed by atoms with Crippen LogP contribution in [0.5, 0.6) is 11.5 Å². The summed E-state index contributed by atoms with van der Waals surface area (Å²) in [5, 5.41) is 17.7. The molecule has 2 aromatic carbocycles. The molecular weight excluding hydrogens is 288 g/mol. The van der Waals surface area contributed by atoms with Crippen LogP contribution in [0, 0.1) is 0 Å². The van der Waals surface area contributed by atoms with Crippen molar-refractivity contribution in [1.29, 1.82) is 0 Å². The van der Waals surface area contributed by atoms with Crippen molar-refractivity contribution in [1.82, 2.24) is 10.2 Å². The van der Waals surface area contributed by atoms with Gasteiger partial charge in [-0.2, -0.15) is 5.10 Å². The second kappa shape index (κ2) is 6.57. The lowest BCUT2D eigenvalue weighted by Crippen LogP contribution is -1.94. The highest BCUT2D eigenvalue weighted by molar-refractivity contribution is 5.83.